The molecule has 0 bridgehead atoms. The molecule has 0 aromatic heterocycles. The van der Waals surface area contributed by atoms with E-state index < -0.39 is 6.61 Å². The Labute approximate surface area is 141 Å². The Hall–Kier alpha value is -2.05. The Balaban J connectivity index is 2.07. The van der Waals surface area contributed by atoms with Gasteiger partial charge in [-0.1, -0.05) is 13.8 Å². The van der Waals surface area contributed by atoms with Crippen LogP contribution in [0.3, 0.4) is 0 Å². The number of hydrogen-bond donors (Lipinski definition) is 1. The Morgan fingerprint density at radius 2 is 2.17 bits per heavy atom. The van der Waals surface area contributed by atoms with E-state index in [0.29, 0.717) is 17.9 Å². The fourth-order valence-electron chi connectivity index (χ4n) is 2.81. The van der Waals surface area contributed by atoms with Crippen LogP contribution in [0.5, 0.6) is 11.5 Å². The Morgan fingerprint density at radius 1 is 1.42 bits per heavy atom. The average molecular weight is 341 g/mol. The average Bonchev–Trinajstić information content (AvgIpc) is 2.88. The van der Waals surface area contributed by atoms with E-state index in [1.807, 2.05) is 0 Å². The van der Waals surface area contributed by atoms with Crippen LogP contribution in [0.4, 0.5) is 8.78 Å². The van der Waals surface area contributed by atoms with Crippen molar-refractivity contribution in [2.75, 3.05) is 27.2 Å². The molecule has 2 rings (SSSR count). The molecule has 1 aromatic rings. The molecule has 1 heterocycles. The van der Waals surface area contributed by atoms with Crippen LogP contribution in [0.1, 0.15) is 25.8 Å². The summed E-state index contributed by atoms with van der Waals surface area (Å²) in [5, 5.41) is 3.23. The number of aliphatic imine (C=N–C) groups is 1. The third-order valence-corrected chi connectivity index (χ3v) is 4.12. The van der Waals surface area contributed by atoms with Gasteiger partial charge in [0.1, 0.15) is 11.5 Å². The minimum Gasteiger partial charge on any atom is -0.497 e. The molecule has 0 saturated carbocycles. The Morgan fingerprint density at radius 3 is 2.71 bits per heavy atom. The molecule has 1 fully saturated rings. The van der Waals surface area contributed by atoms with Crippen LogP contribution < -0.4 is 14.8 Å². The number of benzene rings is 1. The highest BCUT2D eigenvalue weighted by atomic mass is 19.3. The lowest BCUT2D eigenvalue weighted by atomic mass is 9.93. The van der Waals surface area contributed by atoms with Crippen molar-refractivity contribution < 1.29 is 18.3 Å². The van der Waals surface area contributed by atoms with Crippen LogP contribution in [0, 0.1) is 5.41 Å². The maximum absolute atomic E-state index is 12.6. The van der Waals surface area contributed by atoms with E-state index in [1.54, 1.807) is 19.2 Å². The standard InChI is InChI=1S/C17H25F2N3O2/c1-17(2)7-8-22(11-17)16(20-3)21-10-12-5-6-13(23-4)9-14(12)24-15(18)19/h5-6,9,15H,7-8,10-11H2,1-4H3,(H,20,21). The minimum atomic E-state index is -2.88. The second-order valence-corrected chi connectivity index (χ2v) is 6.59. The summed E-state index contributed by atoms with van der Waals surface area (Å²) < 4.78 is 34.9. The number of methoxy groups -OCH3 is 1. The van der Waals surface area contributed by atoms with Gasteiger partial charge < -0.3 is 19.7 Å². The molecule has 1 saturated heterocycles. The van der Waals surface area contributed by atoms with Crippen molar-refractivity contribution in [3.63, 3.8) is 0 Å². The van der Waals surface area contributed by atoms with Crippen LogP contribution in [-0.4, -0.2) is 44.7 Å². The Bertz CT molecular complexity index is 591. The van der Waals surface area contributed by atoms with Gasteiger partial charge in [-0.15, -0.1) is 0 Å². The zero-order valence-electron chi connectivity index (χ0n) is 14.6. The number of nitrogens with one attached hydrogen (secondary N) is 1. The van der Waals surface area contributed by atoms with Crippen molar-refractivity contribution in [3.8, 4) is 11.5 Å². The number of alkyl halides is 2. The lowest BCUT2D eigenvalue weighted by molar-refractivity contribution is -0.0505. The number of hydrogen-bond acceptors (Lipinski definition) is 3. The minimum absolute atomic E-state index is 0.106. The van der Waals surface area contributed by atoms with Gasteiger partial charge in [0.15, 0.2) is 5.96 Å². The Kier molecular flexibility index (Phi) is 5.85. The van der Waals surface area contributed by atoms with Crippen LogP contribution >= 0.6 is 0 Å². The van der Waals surface area contributed by atoms with Gasteiger partial charge in [-0.3, -0.25) is 4.99 Å². The smallest absolute Gasteiger partial charge is 0.387 e. The topological polar surface area (TPSA) is 46.1 Å². The molecule has 1 aliphatic rings. The first-order valence-corrected chi connectivity index (χ1v) is 7.92. The zero-order valence-corrected chi connectivity index (χ0v) is 14.6. The van der Waals surface area contributed by atoms with E-state index in [0.717, 1.165) is 25.5 Å². The van der Waals surface area contributed by atoms with Crippen molar-refractivity contribution in [2.45, 2.75) is 33.4 Å². The highest BCUT2D eigenvalue weighted by molar-refractivity contribution is 5.80. The van der Waals surface area contributed by atoms with E-state index in [1.165, 1.54) is 13.2 Å². The molecular weight excluding hydrogens is 316 g/mol. The van der Waals surface area contributed by atoms with Crippen molar-refractivity contribution in [3.05, 3.63) is 23.8 Å². The third-order valence-electron chi connectivity index (χ3n) is 4.12. The van der Waals surface area contributed by atoms with Gasteiger partial charge in [-0.05, 0) is 24.0 Å². The lowest BCUT2D eigenvalue weighted by Gasteiger charge is -2.24. The fraction of sp³-hybridized carbons (Fsp3) is 0.588. The number of guanidine groups is 1. The molecule has 0 radical (unpaired) electrons. The molecule has 24 heavy (non-hydrogen) atoms. The van der Waals surface area contributed by atoms with E-state index >= 15 is 0 Å². The van der Waals surface area contributed by atoms with E-state index in [9.17, 15) is 8.78 Å². The van der Waals surface area contributed by atoms with Gasteiger partial charge in [-0.25, -0.2) is 0 Å². The number of rotatable bonds is 5. The van der Waals surface area contributed by atoms with Crippen LogP contribution in [-0.2, 0) is 6.54 Å². The molecule has 0 amide bonds. The van der Waals surface area contributed by atoms with Gasteiger partial charge in [0, 0.05) is 38.3 Å². The molecule has 0 unspecified atom stereocenters. The quantitative estimate of drug-likeness (QED) is 0.660. The normalized spacial score (nSPS) is 17.3. The molecule has 5 nitrogen and oxygen atoms in total. The highest BCUT2D eigenvalue weighted by Gasteiger charge is 2.30. The van der Waals surface area contributed by atoms with Gasteiger partial charge in [0.05, 0.1) is 7.11 Å². The molecule has 1 aromatic carbocycles. The monoisotopic (exact) mass is 341 g/mol. The maximum atomic E-state index is 12.6. The highest BCUT2D eigenvalue weighted by Crippen LogP contribution is 2.29. The molecule has 134 valence electrons. The van der Waals surface area contributed by atoms with Crippen molar-refractivity contribution in [1.29, 1.82) is 0 Å². The van der Waals surface area contributed by atoms with Crippen LogP contribution in [0.2, 0.25) is 0 Å². The van der Waals surface area contributed by atoms with Gasteiger partial charge in [0.2, 0.25) is 0 Å². The second kappa shape index (κ2) is 7.68. The predicted molar refractivity (Wildman–Crippen MR) is 89.8 cm³/mol. The lowest BCUT2D eigenvalue weighted by Crippen LogP contribution is -2.40. The number of ether oxygens (including phenoxy) is 2. The summed E-state index contributed by atoms with van der Waals surface area (Å²) in [5.41, 5.74) is 0.873. The summed E-state index contributed by atoms with van der Waals surface area (Å²) in [7, 11) is 3.20. The molecule has 0 atom stereocenters. The molecule has 1 N–H and O–H groups in total. The maximum Gasteiger partial charge on any atom is 0.387 e. The van der Waals surface area contributed by atoms with E-state index in [2.05, 4.69) is 33.8 Å². The van der Waals surface area contributed by atoms with Gasteiger partial charge >= 0.3 is 6.61 Å². The third kappa shape index (κ3) is 4.72. The van der Waals surface area contributed by atoms with Crippen molar-refractivity contribution >= 4 is 5.96 Å². The van der Waals surface area contributed by atoms with Gasteiger partial charge in [0.25, 0.3) is 0 Å². The summed E-state index contributed by atoms with van der Waals surface area (Å²) in [6.45, 7) is 3.74. The van der Waals surface area contributed by atoms with Crippen LogP contribution in [0.25, 0.3) is 0 Å². The largest absolute Gasteiger partial charge is 0.497 e. The summed E-state index contributed by atoms with van der Waals surface area (Å²) in [4.78, 5) is 6.47. The molecule has 0 spiro atoms. The first-order chi connectivity index (χ1) is 11.3. The van der Waals surface area contributed by atoms with E-state index in [4.69, 9.17) is 4.74 Å². The van der Waals surface area contributed by atoms with Gasteiger partial charge in [-0.2, -0.15) is 8.78 Å². The fourth-order valence-corrected chi connectivity index (χ4v) is 2.81. The number of nitrogens with zero attached hydrogens (tertiary/aromatic N) is 2. The predicted octanol–water partition coefficient (Wildman–Crippen LogP) is 3.10. The number of likely N-dealkylation sites (tertiary alicyclic amines) is 1. The molecule has 7 heteroatoms. The second-order valence-electron chi connectivity index (χ2n) is 6.59. The van der Waals surface area contributed by atoms with Crippen molar-refractivity contribution in [2.24, 2.45) is 10.4 Å². The van der Waals surface area contributed by atoms with Crippen molar-refractivity contribution in [1.82, 2.24) is 10.2 Å². The summed E-state index contributed by atoms with van der Waals surface area (Å²) in [5.74, 6) is 1.34. The first kappa shape index (κ1) is 18.3. The molecule has 1 aliphatic heterocycles. The zero-order chi connectivity index (χ0) is 17.7. The SMILES string of the molecule is CN=C(NCc1ccc(OC)cc1OC(F)F)N1CCC(C)(C)C1. The van der Waals surface area contributed by atoms with E-state index in [-0.39, 0.29) is 11.2 Å². The first-order valence-electron chi connectivity index (χ1n) is 7.92. The molecular formula is C17H25F2N3O2. The summed E-state index contributed by atoms with van der Waals surface area (Å²) in [6, 6.07) is 4.90. The number of halogens is 2. The van der Waals surface area contributed by atoms with Crippen LogP contribution in [0.15, 0.2) is 23.2 Å². The summed E-state index contributed by atoms with van der Waals surface area (Å²) >= 11 is 0. The molecule has 0 aliphatic carbocycles. The summed E-state index contributed by atoms with van der Waals surface area (Å²) in [6.07, 6.45) is 1.09.